The molecule has 20 heavy (non-hydrogen) atoms. The van der Waals surface area contributed by atoms with Crippen LogP contribution in [-0.4, -0.2) is 34.6 Å². The molecule has 0 amide bonds. The number of hydrogen-bond acceptors (Lipinski definition) is 5. The van der Waals surface area contributed by atoms with Gasteiger partial charge in [0.2, 0.25) is 5.95 Å². The van der Waals surface area contributed by atoms with Crippen molar-refractivity contribution in [1.29, 1.82) is 0 Å². The molecule has 1 atom stereocenters. The zero-order valence-electron chi connectivity index (χ0n) is 12.3. The number of benzene rings is 1. The van der Waals surface area contributed by atoms with Crippen LogP contribution in [0.25, 0.3) is 10.9 Å². The molecule has 0 aliphatic carbocycles. The normalized spacial score (nSPS) is 12.3. The molecule has 4 nitrogen and oxygen atoms in total. The Morgan fingerprint density at radius 3 is 2.80 bits per heavy atom. The van der Waals surface area contributed by atoms with Crippen molar-refractivity contribution in [3.8, 4) is 0 Å². The van der Waals surface area contributed by atoms with E-state index in [-0.39, 0.29) is 0 Å². The highest BCUT2D eigenvalue weighted by atomic mass is 32.2. The van der Waals surface area contributed by atoms with Gasteiger partial charge in [-0.3, -0.25) is 0 Å². The van der Waals surface area contributed by atoms with Gasteiger partial charge in [0, 0.05) is 18.5 Å². The lowest BCUT2D eigenvalue weighted by atomic mass is 10.2. The van der Waals surface area contributed by atoms with Crippen molar-refractivity contribution in [3.63, 3.8) is 0 Å². The zero-order chi connectivity index (χ0) is 14.4. The minimum absolute atomic E-state index is 0.400. The van der Waals surface area contributed by atoms with E-state index in [0.717, 1.165) is 23.1 Å². The zero-order valence-corrected chi connectivity index (χ0v) is 13.1. The molecule has 1 unspecified atom stereocenters. The van der Waals surface area contributed by atoms with Crippen LogP contribution in [0.3, 0.4) is 0 Å². The third-order valence-corrected chi connectivity index (χ3v) is 4.04. The number of rotatable bonds is 7. The maximum Gasteiger partial charge on any atom is 0.224 e. The van der Waals surface area contributed by atoms with Crippen molar-refractivity contribution >= 4 is 34.4 Å². The van der Waals surface area contributed by atoms with Gasteiger partial charge in [-0.2, -0.15) is 16.7 Å². The van der Waals surface area contributed by atoms with Crippen LogP contribution in [-0.2, 0) is 0 Å². The van der Waals surface area contributed by atoms with Gasteiger partial charge < -0.3 is 10.6 Å². The lowest BCUT2D eigenvalue weighted by Crippen LogP contribution is -2.17. The lowest BCUT2D eigenvalue weighted by molar-refractivity contribution is 0.768. The highest BCUT2D eigenvalue weighted by molar-refractivity contribution is 7.99. The van der Waals surface area contributed by atoms with E-state index in [2.05, 4.69) is 40.5 Å². The first-order valence-electron chi connectivity index (χ1n) is 7.03. The summed E-state index contributed by atoms with van der Waals surface area (Å²) in [5, 5.41) is 7.60. The number of anilines is 2. The van der Waals surface area contributed by atoms with Gasteiger partial charge in [-0.25, -0.2) is 4.98 Å². The summed E-state index contributed by atoms with van der Waals surface area (Å²) < 4.78 is 0. The maximum atomic E-state index is 4.55. The fraction of sp³-hybridized carbons (Fsp3) is 0.467. The molecule has 0 bridgehead atoms. The molecular formula is C15H22N4S. The second kappa shape index (κ2) is 7.33. The third-order valence-electron chi connectivity index (χ3n) is 3.11. The molecule has 5 heteroatoms. The fourth-order valence-electron chi connectivity index (χ4n) is 2.01. The van der Waals surface area contributed by atoms with Crippen molar-refractivity contribution in [2.75, 3.05) is 29.2 Å². The predicted octanol–water partition coefficient (Wildman–Crippen LogP) is 3.62. The van der Waals surface area contributed by atoms with Gasteiger partial charge in [0.15, 0.2) is 0 Å². The average Bonchev–Trinajstić information content (AvgIpc) is 2.47. The number of thioether (sulfide) groups is 1. The molecule has 0 fully saturated rings. The Balaban J connectivity index is 2.19. The summed E-state index contributed by atoms with van der Waals surface area (Å²) in [6.07, 6.45) is 1.13. The minimum atomic E-state index is 0.400. The van der Waals surface area contributed by atoms with E-state index in [4.69, 9.17) is 0 Å². The summed E-state index contributed by atoms with van der Waals surface area (Å²) in [4.78, 5) is 9.02. The van der Waals surface area contributed by atoms with Crippen molar-refractivity contribution in [2.24, 2.45) is 0 Å². The summed E-state index contributed by atoms with van der Waals surface area (Å²) in [5.41, 5.74) is 0.962. The number of nitrogens with zero attached hydrogens (tertiary/aromatic N) is 2. The molecule has 0 aliphatic rings. The molecule has 0 saturated heterocycles. The quantitative estimate of drug-likeness (QED) is 0.763. The van der Waals surface area contributed by atoms with Gasteiger partial charge in [-0.15, -0.1) is 0 Å². The number of aromatic nitrogens is 2. The van der Waals surface area contributed by atoms with E-state index in [1.165, 1.54) is 11.5 Å². The molecule has 0 radical (unpaired) electrons. The first-order chi connectivity index (χ1) is 9.74. The number of para-hydroxylation sites is 1. The molecule has 2 aromatic rings. The Bertz CT molecular complexity index is 559. The average molecular weight is 290 g/mol. The highest BCUT2D eigenvalue weighted by Gasteiger charge is 2.09. The van der Waals surface area contributed by atoms with E-state index in [1.54, 1.807) is 0 Å². The summed E-state index contributed by atoms with van der Waals surface area (Å²) in [6, 6.07) is 8.50. The van der Waals surface area contributed by atoms with E-state index in [0.29, 0.717) is 12.0 Å². The molecule has 2 N–H and O–H groups in total. The van der Waals surface area contributed by atoms with Gasteiger partial charge in [0.1, 0.15) is 5.82 Å². The van der Waals surface area contributed by atoms with Gasteiger partial charge >= 0.3 is 0 Å². The van der Waals surface area contributed by atoms with Crippen molar-refractivity contribution in [1.82, 2.24) is 9.97 Å². The topological polar surface area (TPSA) is 49.8 Å². The Morgan fingerprint density at radius 2 is 2.05 bits per heavy atom. The Labute approximate surface area is 124 Å². The standard InChI is InChI=1S/C15H22N4S/c1-4-20-10-9-11(2)17-14-12-7-5-6-8-13(12)18-15(16-3)19-14/h5-8,11H,4,9-10H2,1-3H3,(H2,16,17,18,19). The van der Waals surface area contributed by atoms with E-state index in [9.17, 15) is 0 Å². The number of hydrogen-bond donors (Lipinski definition) is 2. The van der Waals surface area contributed by atoms with Gasteiger partial charge in [-0.1, -0.05) is 19.1 Å². The van der Waals surface area contributed by atoms with Crippen LogP contribution in [0.4, 0.5) is 11.8 Å². The molecule has 0 aliphatic heterocycles. The van der Waals surface area contributed by atoms with Crippen molar-refractivity contribution in [2.45, 2.75) is 26.3 Å². The van der Waals surface area contributed by atoms with Crippen molar-refractivity contribution < 1.29 is 0 Å². The van der Waals surface area contributed by atoms with Crippen molar-refractivity contribution in [3.05, 3.63) is 24.3 Å². The lowest BCUT2D eigenvalue weighted by Gasteiger charge is -2.16. The Kier molecular flexibility index (Phi) is 5.47. The molecule has 108 valence electrons. The van der Waals surface area contributed by atoms with Gasteiger partial charge in [0.05, 0.1) is 5.52 Å². The molecule has 0 saturated carbocycles. The van der Waals surface area contributed by atoms with Crippen LogP contribution in [0.5, 0.6) is 0 Å². The maximum absolute atomic E-state index is 4.55. The van der Waals surface area contributed by atoms with Crippen LogP contribution in [0, 0.1) is 0 Å². The van der Waals surface area contributed by atoms with Gasteiger partial charge in [0.25, 0.3) is 0 Å². The molecule has 0 spiro atoms. The highest BCUT2D eigenvalue weighted by Crippen LogP contribution is 2.22. The molecule has 2 rings (SSSR count). The van der Waals surface area contributed by atoms with Crippen LogP contribution in [0.2, 0.25) is 0 Å². The molecule has 1 heterocycles. The summed E-state index contributed by atoms with van der Waals surface area (Å²) in [7, 11) is 1.84. The summed E-state index contributed by atoms with van der Waals surface area (Å²) in [5.74, 6) is 3.91. The molecule has 1 aromatic heterocycles. The summed E-state index contributed by atoms with van der Waals surface area (Å²) >= 11 is 1.97. The monoisotopic (exact) mass is 290 g/mol. The van der Waals surface area contributed by atoms with Crippen LogP contribution >= 0.6 is 11.8 Å². The largest absolute Gasteiger partial charge is 0.367 e. The van der Waals surface area contributed by atoms with Gasteiger partial charge in [-0.05, 0) is 37.0 Å². The van der Waals surface area contributed by atoms with Crippen LogP contribution < -0.4 is 10.6 Å². The van der Waals surface area contributed by atoms with E-state index < -0.39 is 0 Å². The summed E-state index contributed by atoms with van der Waals surface area (Å²) in [6.45, 7) is 4.39. The van der Waals surface area contributed by atoms with Crippen LogP contribution in [0.15, 0.2) is 24.3 Å². The predicted molar refractivity (Wildman–Crippen MR) is 89.8 cm³/mol. The second-order valence-corrected chi connectivity index (χ2v) is 6.09. The van der Waals surface area contributed by atoms with Crippen LogP contribution in [0.1, 0.15) is 20.3 Å². The molecular weight excluding hydrogens is 268 g/mol. The molecule has 1 aromatic carbocycles. The third kappa shape index (κ3) is 3.76. The SMILES string of the molecule is CCSCCC(C)Nc1nc(NC)nc2ccccc12. The number of fused-ring (bicyclic) bond motifs is 1. The Hall–Kier alpha value is -1.49. The second-order valence-electron chi connectivity index (χ2n) is 4.69. The first-order valence-corrected chi connectivity index (χ1v) is 8.19. The van der Waals surface area contributed by atoms with E-state index in [1.807, 2.05) is 37.0 Å². The Morgan fingerprint density at radius 1 is 1.25 bits per heavy atom. The fourth-order valence-corrected chi connectivity index (χ4v) is 2.82. The first kappa shape index (κ1) is 14.9. The van der Waals surface area contributed by atoms with E-state index >= 15 is 0 Å². The minimum Gasteiger partial charge on any atom is -0.367 e. The smallest absolute Gasteiger partial charge is 0.224 e. The number of nitrogens with one attached hydrogen (secondary N) is 2.